The Morgan fingerprint density at radius 2 is 0.590 bits per heavy atom. The third-order valence-electron chi connectivity index (χ3n) is 12.9. The zero-order valence-electron chi connectivity index (χ0n) is 44.0. The highest BCUT2D eigenvalue weighted by Gasteiger charge is 2.58. The number of carbonyl (C=O) groups is 7. The van der Waals surface area contributed by atoms with Crippen LogP contribution in [0.4, 0.5) is 0 Å². The van der Waals surface area contributed by atoms with E-state index >= 15 is 0 Å². The zero-order chi connectivity index (χ0) is 58.1. The van der Waals surface area contributed by atoms with E-state index in [-0.39, 0.29) is 38.9 Å². The number of ether oxygens (including phenoxy) is 10. The predicted octanol–water partition coefficient (Wildman–Crippen LogP) is 8.98. The average molecular weight is 1150 g/mol. The number of esters is 7. The first-order valence-electron chi connectivity index (χ1n) is 25.8. The maximum absolute atomic E-state index is 14.6. The normalized spacial score (nSPS) is 22.1. The summed E-state index contributed by atoms with van der Waals surface area (Å²) in [6.45, 7) is -1.58. The van der Waals surface area contributed by atoms with E-state index < -0.39 is 125 Å². The van der Waals surface area contributed by atoms with Gasteiger partial charge < -0.3 is 47.4 Å². The van der Waals surface area contributed by atoms with Gasteiger partial charge in [0.15, 0.2) is 42.9 Å². The van der Waals surface area contributed by atoms with E-state index in [0.29, 0.717) is 0 Å². The Kier molecular flexibility index (Phi) is 20.0. The largest absolute Gasteiger partial charge is 0.700 e. The second-order valence-corrected chi connectivity index (χ2v) is 19.2. The van der Waals surface area contributed by atoms with Crippen molar-refractivity contribution in [2.75, 3.05) is 20.3 Å². The Balaban J connectivity index is 1.07. The van der Waals surface area contributed by atoms with Crippen LogP contribution in [0.3, 0.4) is 0 Å². The fourth-order valence-corrected chi connectivity index (χ4v) is 9.43. The van der Waals surface area contributed by atoms with Gasteiger partial charge in [0, 0.05) is 11.7 Å². The number of hydrogen-bond donors (Lipinski definition) is 0. The van der Waals surface area contributed by atoms with Crippen LogP contribution in [-0.2, 0) is 61.0 Å². The summed E-state index contributed by atoms with van der Waals surface area (Å²) in [6, 6.07) is 54.1. The first-order valence-corrected chi connectivity index (χ1v) is 26.9. The van der Waals surface area contributed by atoms with E-state index in [0.717, 1.165) is 0 Å². The SMILES string of the molecule is CO[C@@H]1O[C@H](CO[P+](=O)O[C@H]2O[C@H](COC(=O)c3ccccc3)[C@@H](OC(=O)c3ccccc3)[C@H](OC(=O)c3ccccc3)[C@@H]2OC(=O)c2ccccc2)[C@H](OC(=O)c2ccccc2)[C@H](OC(=O)c2ccccc2)[C@H]1OC(=O)c1ccccc1. The van der Waals surface area contributed by atoms with E-state index in [1.807, 2.05) is 0 Å². The number of carbonyl (C=O) groups excluding carboxylic acids is 7. The van der Waals surface area contributed by atoms with Crippen LogP contribution in [0.25, 0.3) is 0 Å². The van der Waals surface area contributed by atoms with Crippen molar-refractivity contribution < 1.29 is 94.5 Å². The topological polar surface area (TPSA) is 247 Å². The van der Waals surface area contributed by atoms with E-state index in [1.54, 1.807) is 127 Å². The minimum absolute atomic E-state index is 0.00776. The quantitative estimate of drug-likeness (QED) is 0.0370. The molecule has 20 nitrogen and oxygen atoms in total. The Labute approximate surface area is 475 Å². The fourth-order valence-electron chi connectivity index (χ4n) is 8.76. The predicted molar refractivity (Wildman–Crippen MR) is 290 cm³/mol. The minimum atomic E-state index is -3.56. The second-order valence-electron chi connectivity index (χ2n) is 18.3. The molecule has 2 aliphatic rings. The van der Waals surface area contributed by atoms with E-state index in [4.69, 9.17) is 56.4 Å². The van der Waals surface area contributed by atoms with Gasteiger partial charge in [-0.3, -0.25) is 0 Å². The molecule has 7 aromatic carbocycles. The van der Waals surface area contributed by atoms with Gasteiger partial charge in [-0.15, -0.1) is 4.52 Å². The van der Waals surface area contributed by atoms with Crippen LogP contribution in [-0.4, -0.2) is 124 Å². The maximum atomic E-state index is 14.6. The molecule has 0 spiro atoms. The van der Waals surface area contributed by atoms with Crippen LogP contribution in [0.1, 0.15) is 72.5 Å². The molecule has 21 heteroatoms. The van der Waals surface area contributed by atoms with Crippen molar-refractivity contribution in [2.24, 2.45) is 0 Å². The lowest BCUT2D eigenvalue weighted by molar-refractivity contribution is -0.292. The lowest BCUT2D eigenvalue weighted by atomic mass is 9.97. The standard InChI is InChI=1S/C62H52O20P/c1-71-61-52(80-59(68)44-33-19-7-20-34-44)50(78-57(66)42-29-15-5-16-30-42)49(77-56(65)41-27-13-4-14-28-41)47(74-61)38-73-83(70)82-62-53(81-60(69)45-35-21-8-22-36-45)51(79-58(67)43-31-17-6-18-32-43)48(76-55(64)40-25-11-3-12-26-40)46(75-62)37-72-54(63)39-23-9-2-10-24-39/h2-36,46-53,61-62H,37-38H2,1H3/q+1/t46-,47-,48-,49+,50+,51+,52-,53+,61-,62-/m1/s1. The summed E-state index contributed by atoms with van der Waals surface area (Å²) < 4.78 is 86.8. The highest BCUT2D eigenvalue weighted by atomic mass is 31.1. The summed E-state index contributed by atoms with van der Waals surface area (Å²) in [5.74, 6) is -6.64. The molecular formula is C62H52O20P+. The molecule has 2 saturated heterocycles. The molecule has 0 amide bonds. The van der Waals surface area contributed by atoms with Crippen molar-refractivity contribution >= 4 is 50.0 Å². The number of hydrogen-bond acceptors (Lipinski definition) is 20. The lowest BCUT2D eigenvalue weighted by Gasteiger charge is -2.43. The molecule has 2 fully saturated rings. The molecule has 11 atom stereocenters. The van der Waals surface area contributed by atoms with Gasteiger partial charge >= 0.3 is 50.0 Å². The Morgan fingerprint density at radius 1 is 0.337 bits per heavy atom. The lowest BCUT2D eigenvalue weighted by Crippen LogP contribution is -2.63. The highest BCUT2D eigenvalue weighted by Crippen LogP contribution is 2.39. The van der Waals surface area contributed by atoms with Crippen molar-refractivity contribution in [1.82, 2.24) is 0 Å². The Morgan fingerprint density at radius 3 is 0.904 bits per heavy atom. The van der Waals surface area contributed by atoms with Crippen LogP contribution in [0.5, 0.6) is 0 Å². The number of benzene rings is 7. The summed E-state index contributed by atoms with van der Waals surface area (Å²) in [5.41, 5.74) is 0.370. The smallest absolute Gasteiger partial charge is 0.459 e. The van der Waals surface area contributed by atoms with Gasteiger partial charge in [0.1, 0.15) is 25.4 Å². The fraction of sp³-hybridized carbons (Fsp3) is 0.210. The van der Waals surface area contributed by atoms with Gasteiger partial charge in [0.2, 0.25) is 0 Å². The molecule has 0 aliphatic carbocycles. The molecule has 83 heavy (non-hydrogen) atoms. The van der Waals surface area contributed by atoms with Gasteiger partial charge in [0.25, 0.3) is 6.29 Å². The molecule has 0 N–H and O–H groups in total. The van der Waals surface area contributed by atoms with Crippen molar-refractivity contribution in [1.29, 1.82) is 0 Å². The van der Waals surface area contributed by atoms with Crippen LogP contribution in [0.2, 0.25) is 0 Å². The third kappa shape index (κ3) is 15.2. The molecular weight excluding hydrogens is 1100 g/mol. The summed E-state index contributed by atoms with van der Waals surface area (Å²) in [4.78, 5) is 97.7. The van der Waals surface area contributed by atoms with Crippen LogP contribution in [0, 0.1) is 0 Å². The molecule has 1 unspecified atom stereocenters. The van der Waals surface area contributed by atoms with Crippen LogP contribution < -0.4 is 0 Å². The Hall–Kier alpha value is -9.27. The van der Waals surface area contributed by atoms with Crippen molar-refractivity contribution in [3.05, 3.63) is 251 Å². The van der Waals surface area contributed by atoms with Crippen molar-refractivity contribution in [3.8, 4) is 0 Å². The third-order valence-corrected chi connectivity index (χ3v) is 13.6. The monoisotopic (exact) mass is 1150 g/mol. The Bertz CT molecular complexity index is 3330. The molecule has 7 aromatic rings. The molecule has 0 saturated carbocycles. The van der Waals surface area contributed by atoms with E-state index in [2.05, 4.69) is 0 Å². The van der Waals surface area contributed by atoms with Crippen LogP contribution >= 0.6 is 8.25 Å². The van der Waals surface area contributed by atoms with E-state index in [9.17, 15) is 38.1 Å². The molecule has 0 bridgehead atoms. The summed E-state index contributed by atoms with van der Waals surface area (Å²) in [6.07, 6.45) is -17.7. The first kappa shape index (κ1) is 58.4. The molecule has 2 heterocycles. The van der Waals surface area contributed by atoms with Gasteiger partial charge in [-0.05, 0) is 84.9 Å². The number of rotatable bonds is 21. The average Bonchev–Trinajstić information content (AvgIpc) is 3.54. The van der Waals surface area contributed by atoms with Gasteiger partial charge in [0.05, 0.1) is 38.9 Å². The van der Waals surface area contributed by atoms with Gasteiger partial charge in [-0.25, -0.2) is 33.6 Å². The van der Waals surface area contributed by atoms with Gasteiger partial charge in [-0.2, -0.15) is 0 Å². The van der Waals surface area contributed by atoms with Crippen molar-refractivity contribution in [2.45, 2.75) is 61.4 Å². The highest BCUT2D eigenvalue weighted by molar-refractivity contribution is 7.33. The maximum Gasteiger partial charge on any atom is 0.700 e. The molecule has 0 radical (unpaired) electrons. The molecule has 424 valence electrons. The molecule has 2 aliphatic heterocycles. The zero-order valence-corrected chi connectivity index (χ0v) is 44.9. The molecule has 0 aromatic heterocycles. The summed E-state index contributed by atoms with van der Waals surface area (Å²) in [5, 5.41) is 0. The van der Waals surface area contributed by atoms with Crippen molar-refractivity contribution in [3.63, 3.8) is 0 Å². The summed E-state index contributed by atoms with van der Waals surface area (Å²) in [7, 11) is -2.36. The van der Waals surface area contributed by atoms with E-state index in [1.165, 1.54) is 92.0 Å². The molecule has 9 rings (SSSR count). The summed E-state index contributed by atoms with van der Waals surface area (Å²) >= 11 is 0. The first-order chi connectivity index (χ1) is 40.4. The minimum Gasteiger partial charge on any atom is -0.459 e. The van der Waals surface area contributed by atoms with Gasteiger partial charge in [-0.1, -0.05) is 132 Å². The number of methoxy groups -OCH3 is 1. The van der Waals surface area contributed by atoms with Crippen LogP contribution in [0.15, 0.2) is 212 Å². The second kappa shape index (κ2) is 28.4.